The fraction of sp³-hybridized carbons (Fsp3) is 0.300. The Bertz CT molecular complexity index is 757. The molecule has 0 fully saturated rings. The van der Waals surface area contributed by atoms with Crippen LogP contribution in [-0.4, -0.2) is 25.8 Å². The van der Waals surface area contributed by atoms with Crippen LogP contribution in [0.3, 0.4) is 0 Å². The molecule has 0 unspecified atom stereocenters. The molecule has 2 rings (SSSR count). The molecule has 2 aromatic carbocycles. The summed E-state index contributed by atoms with van der Waals surface area (Å²) < 4.78 is 9.71. The predicted molar refractivity (Wildman–Crippen MR) is 102 cm³/mol. The van der Waals surface area contributed by atoms with Crippen LogP contribution in [-0.2, 0) is 16.0 Å². The third kappa shape index (κ3) is 5.51. The molecular weight excluding hydrogens is 332 g/mol. The summed E-state index contributed by atoms with van der Waals surface area (Å²) in [7, 11) is 1.36. The van der Waals surface area contributed by atoms with Gasteiger partial charge in [-0.1, -0.05) is 19.1 Å². The van der Waals surface area contributed by atoms with Crippen LogP contribution >= 0.6 is 0 Å². The van der Waals surface area contributed by atoms with Crippen molar-refractivity contribution in [2.24, 2.45) is 0 Å². The van der Waals surface area contributed by atoms with Crippen LogP contribution in [0.4, 0.5) is 16.2 Å². The van der Waals surface area contributed by atoms with Crippen molar-refractivity contribution in [1.82, 2.24) is 0 Å². The van der Waals surface area contributed by atoms with Gasteiger partial charge < -0.3 is 14.8 Å². The Morgan fingerprint density at radius 1 is 1.08 bits per heavy atom. The quantitative estimate of drug-likeness (QED) is 0.721. The lowest BCUT2D eigenvalue weighted by Gasteiger charge is -2.12. The molecular formula is C20H24N2O4. The minimum Gasteiger partial charge on any atom is -0.465 e. The van der Waals surface area contributed by atoms with E-state index in [1.165, 1.54) is 7.11 Å². The highest BCUT2D eigenvalue weighted by Gasteiger charge is 2.07. The van der Waals surface area contributed by atoms with Crippen LogP contribution in [0, 0.1) is 6.92 Å². The molecule has 0 radical (unpaired) electrons. The first-order valence-electron chi connectivity index (χ1n) is 8.49. The van der Waals surface area contributed by atoms with E-state index in [0.29, 0.717) is 18.7 Å². The van der Waals surface area contributed by atoms with E-state index in [2.05, 4.69) is 15.4 Å². The minimum atomic E-state index is -0.443. The number of amides is 1. The van der Waals surface area contributed by atoms with Gasteiger partial charge in [-0.15, -0.1) is 0 Å². The number of hydrogen-bond donors (Lipinski definition) is 2. The van der Waals surface area contributed by atoms with Gasteiger partial charge in [-0.05, 0) is 54.8 Å². The summed E-state index contributed by atoms with van der Waals surface area (Å²) in [5, 5.41) is 6.05. The molecule has 2 N–H and O–H groups in total. The molecule has 0 atom stereocenters. The Hall–Kier alpha value is -3.02. The summed E-state index contributed by atoms with van der Waals surface area (Å²) in [4.78, 5) is 23.1. The Labute approximate surface area is 153 Å². The second-order valence-electron chi connectivity index (χ2n) is 5.83. The third-order valence-corrected chi connectivity index (χ3v) is 3.77. The predicted octanol–water partition coefficient (Wildman–Crippen LogP) is 4.35. The topological polar surface area (TPSA) is 76.7 Å². The van der Waals surface area contributed by atoms with Gasteiger partial charge in [0.2, 0.25) is 0 Å². The zero-order chi connectivity index (χ0) is 18.9. The molecule has 0 spiro atoms. The summed E-state index contributed by atoms with van der Waals surface area (Å²) in [6.07, 6.45) is 0.344. The SMILES string of the molecule is CCCOC(=O)Nc1ccc(NCc2ccc(C(=O)OC)cc2)cc1C. The van der Waals surface area contributed by atoms with Gasteiger partial charge in [0, 0.05) is 17.9 Å². The van der Waals surface area contributed by atoms with E-state index in [1.807, 2.05) is 44.2 Å². The van der Waals surface area contributed by atoms with E-state index in [1.54, 1.807) is 12.1 Å². The van der Waals surface area contributed by atoms with Crippen LogP contribution in [0.25, 0.3) is 0 Å². The third-order valence-electron chi connectivity index (χ3n) is 3.77. The number of ether oxygens (including phenoxy) is 2. The summed E-state index contributed by atoms with van der Waals surface area (Å²) in [5.74, 6) is -0.347. The standard InChI is InChI=1S/C20H24N2O4/c1-4-11-26-20(24)22-18-10-9-17(12-14(18)2)21-13-15-5-7-16(8-6-15)19(23)25-3/h5-10,12,21H,4,11,13H2,1-3H3,(H,22,24). The van der Waals surface area contributed by atoms with Gasteiger partial charge in [-0.3, -0.25) is 5.32 Å². The fourth-order valence-corrected chi connectivity index (χ4v) is 2.34. The van der Waals surface area contributed by atoms with E-state index >= 15 is 0 Å². The maximum Gasteiger partial charge on any atom is 0.411 e. The van der Waals surface area contributed by atoms with E-state index in [-0.39, 0.29) is 5.97 Å². The Kier molecular flexibility index (Phi) is 7.02. The van der Waals surface area contributed by atoms with Crippen molar-refractivity contribution >= 4 is 23.4 Å². The van der Waals surface area contributed by atoms with Crippen molar-refractivity contribution in [3.63, 3.8) is 0 Å². The highest BCUT2D eigenvalue weighted by atomic mass is 16.5. The van der Waals surface area contributed by atoms with E-state index in [0.717, 1.165) is 28.9 Å². The van der Waals surface area contributed by atoms with Crippen molar-refractivity contribution in [2.75, 3.05) is 24.4 Å². The number of aryl methyl sites for hydroxylation is 1. The first kappa shape index (κ1) is 19.3. The minimum absolute atomic E-state index is 0.347. The monoisotopic (exact) mass is 356 g/mol. The molecule has 6 nitrogen and oxygen atoms in total. The lowest BCUT2D eigenvalue weighted by molar-refractivity contribution is 0.0600. The van der Waals surface area contributed by atoms with Gasteiger partial charge in [-0.2, -0.15) is 0 Å². The average Bonchev–Trinajstić information content (AvgIpc) is 2.66. The van der Waals surface area contributed by atoms with Crippen LogP contribution in [0.15, 0.2) is 42.5 Å². The Morgan fingerprint density at radius 3 is 2.42 bits per heavy atom. The summed E-state index contributed by atoms with van der Waals surface area (Å²) in [5.41, 5.74) is 4.16. The molecule has 1 amide bonds. The zero-order valence-electron chi connectivity index (χ0n) is 15.3. The van der Waals surface area contributed by atoms with Crippen molar-refractivity contribution in [2.45, 2.75) is 26.8 Å². The highest BCUT2D eigenvalue weighted by Crippen LogP contribution is 2.20. The van der Waals surface area contributed by atoms with Gasteiger partial charge in [-0.25, -0.2) is 9.59 Å². The maximum atomic E-state index is 11.6. The smallest absolute Gasteiger partial charge is 0.411 e. The number of nitrogens with one attached hydrogen (secondary N) is 2. The lowest BCUT2D eigenvalue weighted by atomic mass is 10.1. The zero-order valence-corrected chi connectivity index (χ0v) is 15.3. The molecule has 0 aromatic heterocycles. The number of carbonyl (C=O) groups excluding carboxylic acids is 2. The van der Waals surface area contributed by atoms with Crippen molar-refractivity contribution in [1.29, 1.82) is 0 Å². The first-order chi connectivity index (χ1) is 12.5. The number of carbonyl (C=O) groups is 2. The van der Waals surface area contributed by atoms with Crippen LogP contribution in [0.5, 0.6) is 0 Å². The molecule has 0 bridgehead atoms. The van der Waals surface area contributed by atoms with Gasteiger partial charge in [0.15, 0.2) is 0 Å². The largest absolute Gasteiger partial charge is 0.465 e. The lowest BCUT2D eigenvalue weighted by Crippen LogP contribution is -2.14. The fourth-order valence-electron chi connectivity index (χ4n) is 2.34. The van der Waals surface area contributed by atoms with Crippen LogP contribution in [0.1, 0.15) is 34.8 Å². The van der Waals surface area contributed by atoms with Gasteiger partial charge >= 0.3 is 12.1 Å². The van der Waals surface area contributed by atoms with Gasteiger partial charge in [0.1, 0.15) is 0 Å². The number of benzene rings is 2. The maximum absolute atomic E-state index is 11.6. The number of esters is 1. The number of rotatable bonds is 7. The first-order valence-corrected chi connectivity index (χ1v) is 8.49. The summed E-state index contributed by atoms with van der Waals surface area (Å²) in [6, 6.07) is 12.9. The van der Waals surface area contributed by atoms with Crippen LogP contribution in [0.2, 0.25) is 0 Å². The van der Waals surface area contributed by atoms with Crippen molar-refractivity contribution < 1.29 is 19.1 Å². The van der Waals surface area contributed by atoms with Gasteiger partial charge in [0.05, 0.1) is 19.3 Å². The summed E-state index contributed by atoms with van der Waals surface area (Å²) in [6.45, 7) is 4.89. The van der Waals surface area contributed by atoms with E-state index in [9.17, 15) is 9.59 Å². The van der Waals surface area contributed by atoms with Gasteiger partial charge in [0.25, 0.3) is 0 Å². The van der Waals surface area contributed by atoms with Crippen molar-refractivity contribution in [3.8, 4) is 0 Å². The van der Waals surface area contributed by atoms with E-state index in [4.69, 9.17) is 4.74 Å². The van der Waals surface area contributed by atoms with E-state index < -0.39 is 6.09 Å². The number of hydrogen-bond acceptors (Lipinski definition) is 5. The molecule has 2 aromatic rings. The molecule has 0 aliphatic rings. The number of anilines is 2. The highest BCUT2D eigenvalue weighted by molar-refractivity contribution is 5.89. The molecule has 0 heterocycles. The van der Waals surface area contributed by atoms with Crippen molar-refractivity contribution in [3.05, 3.63) is 59.2 Å². The molecule has 6 heteroatoms. The average molecular weight is 356 g/mol. The normalized spacial score (nSPS) is 10.1. The molecule has 0 saturated heterocycles. The molecule has 26 heavy (non-hydrogen) atoms. The molecule has 0 aliphatic heterocycles. The summed E-state index contributed by atoms with van der Waals surface area (Å²) >= 11 is 0. The second-order valence-corrected chi connectivity index (χ2v) is 5.83. The molecule has 138 valence electrons. The van der Waals surface area contributed by atoms with Crippen LogP contribution < -0.4 is 10.6 Å². The Balaban J connectivity index is 1.93. The second kappa shape index (κ2) is 9.46. The Morgan fingerprint density at radius 2 is 1.81 bits per heavy atom. The molecule has 0 saturated carbocycles. The molecule has 0 aliphatic carbocycles. The number of methoxy groups -OCH3 is 1.